The van der Waals surface area contributed by atoms with Gasteiger partial charge in [0.2, 0.25) is 0 Å². The van der Waals surface area contributed by atoms with Crippen molar-refractivity contribution in [3.05, 3.63) is 30.6 Å². The molecule has 0 radical (unpaired) electrons. The molecule has 0 bridgehead atoms. The molecule has 3 N–H and O–H groups in total. The maximum atomic E-state index is 5.59. The largest absolute Gasteiger partial charge is 0.370 e. The van der Waals surface area contributed by atoms with E-state index in [4.69, 9.17) is 5.73 Å². The lowest BCUT2D eigenvalue weighted by molar-refractivity contribution is 0.738. The molecule has 0 spiro atoms. The van der Waals surface area contributed by atoms with E-state index < -0.39 is 0 Å². The molecule has 1 aromatic rings. The summed E-state index contributed by atoms with van der Waals surface area (Å²) in [6.45, 7) is 4.86. The van der Waals surface area contributed by atoms with Gasteiger partial charge in [0.15, 0.2) is 5.96 Å². The fourth-order valence-corrected chi connectivity index (χ4v) is 1.12. The average molecular weight is 207 g/mol. The van der Waals surface area contributed by atoms with Crippen LogP contribution < -0.4 is 11.1 Å². The molecular weight excluding hydrogens is 190 g/mol. The van der Waals surface area contributed by atoms with Crippen LogP contribution in [0.5, 0.6) is 0 Å². The third-order valence-electron chi connectivity index (χ3n) is 1.85. The molecular formula is C10H17N5. The van der Waals surface area contributed by atoms with Gasteiger partial charge in [0.05, 0.1) is 5.69 Å². The quantitative estimate of drug-likeness (QED) is 0.407. The van der Waals surface area contributed by atoms with Gasteiger partial charge in [-0.2, -0.15) is 5.10 Å². The molecule has 5 heteroatoms. The van der Waals surface area contributed by atoms with Crippen LogP contribution in [0.3, 0.4) is 0 Å². The van der Waals surface area contributed by atoms with Crippen LogP contribution in [0.4, 0.5) is 0 Å². The molecule has 0 saturated carbocycles. The SMILES string of the molecule is C=CCNC(N)=NCCc1ccn(C)n1. The summed E-state index contributed by atoms with van der Waals surface area (Å²) < 4.78 is 1.78. The van der Waals surface area contributed by atoms with E-state index in [1.54, 1.807) is 10.8 Å². The van der Waals surface area contributed by atoms with Gasteiger partial charge in [-0.25, -0.2) is 0 Å². The first-order valence-corrected chi connectivity index (χ1v) is 4.85. The van der Waals surface area contributed by atoms with E-state index in [9.17, 15) is 0 Å². The van der Waals surface area contributed by atoms with E-state index >= 15 is 0 Å². The van der Waals surface area contributed by atoms with Gasteiger partial charge in [0.1, 0.15) is 0 Å². The molecule has 1 rings (SSSR count). The van der Waals surface area contributed by atoms with Gasteiger partial charge in [0, 0.05) is 32.8 Å². The van der Waals surface area contributed by atoms with Crippen molar-refractivity contribution in [3.63, 3.8) is 0 Å². The Balaban J connectivity index is 2.28. The molecule has 1 heterocycles. The lowest BCUT2D eigenvalue weighted by atomic mass is 10.3. The first-order chi connectivity index (χ1) is 7.22. The minimum absolute atomic E-state index is 0.450. The summed E-state index contributed by atoms with van der Waals surface area (Å²) in [7, 11) is 1.90. The highest BCUT2D eigenvalue weighted by Crippen LogP contribution is 1.95. The number of guanidine groups is 1. The number of hydrogen-bond acceptors (Lipinski definition) is 2. The highest BCUT2D eigenvalue weighted by atomic mass is 15.2. The molecule has 0 saturated heterocycles. The van der Waals surface area contributed by atoms with Gasteiger partial charge in [-0.3, -0.25) is 9.67 Å². The van der Waals surface area contributed by atoms with Crippen LogP contribution in [0, 0.1) is 0 Å². The number of rotatable bonds is 5. The Bertz CT molecular complexity index is 339. The van der Waals surface area contributed by atoms with E-state index in [0.717, 1.165) is 12.1 Å². The molecule has 0 aromatic carbocycles. The van der Waals surface area contributed by atoms with Crippen molar-refractivity contribution in [2.45, 2.75) is 6.42 Å². The molecule has 0 amide bonds. The second kappa shape index (κ2) is 5.85. The van der Waals surface area contributed by atoms with E-state index in [0.29, 0.717) is 19.0 Å². The lowest BCUT2D eigenvalue weighted by Gasteiger charge is -2.00. The van der Waals surface area contributed by atoms with Gasteiger partial charge in [-0.05, 0) is 6.07 Å². The van der Waals surface area contributed by atoms with E-state index in [1.807, 2.05) is 19.3 Å². The molecule has 15 heavy (non-hydrogen) atoms. The maximum absolute atomic E-state index is 5.59. The summed E-state index contributed by atoms with van der Waals surface area (Å²) in [6.07, 6.45) is 4.46. The number of nitrogens with zero attached hydrogens (tertiary/aromatic N) is 3. The van der Waals surface area contributed by atoms with E-state index in [1.165, 1.54) is 0 Å². The zero-order valence-corrected chi connectivity index (χ0v) is 8.98. The molecule has 0 aliphatic heterocycles. The monoisotopic (exact) mass is 207 g/mol. The Labute approximate surface area is 89.7 Å². The predicted molar refractivity (Wildman–Crippen MR) is 61.6 cm³/mol. The van der Waals surface area contributed by atoms with Crippen molar-refractivity contribution in [2.75, 3.05) is 13.1 Å². The molecule has 0 atom stereocenters. The predicted octanol–water partition coefficient (Wildman–Crippen LogP) is 0.0529. The van der Waals surface area contributed by atoms with Crippen molar-refractivity contribution in [1.29, 1.82) is 0 Å². The summed E-state index contributed by atoms with van der Waals surface area (Å²) >= 11 is 0. The summed E-state index contributed by atoms with van der Waals surface area (Å²) in [5.41, 5.74) is 6.62. The van der Waals surface area contributed by atoms with E-state index in [2.05, 4.69) is 22.0 Å². The van der Waals surface area contributed by atoms with Crippen LogP contribution >= 0.6 is 0 Å². The number of hydrogen-bond donors (Lipinski definition) is 2. The average Bonchev–Trinajstić information content (AvgIpc) is 2.61. The van der Waals surface area contributed by atoms with Crippen molar-refractivity contribution >= 4 is 5.96 Å². The summed E-state index contributed by atoms with van der Waals surface area (Å²) in [5.74, 6) is 0.450. The van der Waals surface area contributed by atoms with Crippen LogP contribution in [0.2, 0.25) is 0 Å². The Morgan fingerprint density at radius 1 is 1.80 bits per heavy atom. The van der Waals surface area contributed by atoms with Crippen LogP contribution in [-0.4, -0.2) is 28.8 Å². The zero-order chi connectivity index (χ0) is 11.1. The van der Waals surface area contributed by atoms with Crippen molar-refractivity contribution in [2.24, 2.45) is 17.8 Å². The summed E-state index contributed by atoms with van der Waals surface area (Å²) in [6, 6.07) is 1.98. The van der Waals surface area contributed by atoms with Crippen molar-refractivity contribution < 1.29 is 0 Å². The third kappa shape index (κ3) is 4.30. The van der Waals surface area contributed by atoms with Gasteiger partial charge < -0.3 is 11.1 Å². The maximum Gasteiger partial charge on any atom is 0.188 e. The van der Waals surface area contributed by atoms with Gasteiger partial charge in [-0.1, -0.05) is 6.08 Å². The molecule has 0 unspecified atom stereocenters. The molecule has 0 fully saturated rings. The van der Waals surface area contributed by atoms with Gasteiger partial charge >= 0.3 is 0 Å². The highest BCUT2D eigenvalue weighted by molar-refractivity contribution is 5.77. The number of aliphatic imine (C=N–C) groups is 1. The molecule has 1 aromatic heterocycles. The van der Waals surface area contributed by atoms with Gasteiger partial charge in [0.25, 0.3) is 0 Å². The van der Waals surface area contributed by atoms with Crippen LogP contribution in [0.1, 0.15) is 5.69 Å². The Hall–Kier alpha value is -1.78. The number of aromatic nitrogens is 2. The van der Waals surface area contributed by atoms with Crippen LogP contribution in [-0.2, 0) is 13.5 Å². The number of nitrogens with two attached hydrogens (primary N) is 1. The van der Waals surface area contributed by atoms with Crippen molar-refractivity contribution in [1.82, 2.24) is 15.1 Å². The summed E-state index contributed by atoms with van der Waals surface area (Å²) in [4.78, 5) is 4.15. The van der Waals surface area contributed by atoms with Crippen LogP contribution in [0.15, 0.2) is 29.9 Å². The van der Waals surface area contributed by atoms with E-state index in [-0.39, 0.29) is 0 Å². The Kier molecular flexibility index (Phi) is 4.40. The minimum Gasteiger partial charge on any atom is -0.370 e. The molecule has 0 aliphatic carbocycles. The fourth-order valence-electron chi connectivity index (χ4n) is 1.12. The molecule has 82 valence electrons. The topological polar surface area (TPSA) is 68.2 Å². The Morgan fingerprint density at radius 2 is 2.60 bits per heavy atom. The highest BCUT2D eigenvalue weighted by Gasteiger charge is 1.95. The standard InChI is InChI=1S/C10H17N5/c1-3-6-12-10(11)13-7-4-9-5-8-15(2)14-9/h3,5,8H,1,4,6-7H2,2H3,(H3,11,12,13). The minimum atomic E-state index is 0.450. The first kappa shape index (κ1) is 11.3. The lowest BCUT2D eigenvalue weighted by Crippen LogP contribution is -2.31. The Morgan fingerprint density at radius 3 is 3.20 bits per heavy atom. The fraction of sp³-hybridized carbons (Fsp3) is 0.400. The van der Waals surface area contributed by atoms with Crippen molar-refractivity contribution in [3.8, 4) is 0 Å². The molecule has 5 nitrogen and oxygen atoms in total. The molecule has 0 aliphatic rings. The number of aryl methyl sites for hydroxylation is 1. The van der Waals surface area contributed by atoms with Gasteiger partial charge in [-0.15, -0.1) is 6.58 Å². The van der Waals surface area contributed by atoms with Crippen LogP contribution in [0.25, 0.3) is 0 Å². The zero-order valence-electron chi connectivity index (χ0n) is 8.98. The second-order valence-corrected chi connectivity index (χ2v) is 3.17. The third-order valence-corrected chi connectivity index (χ3v) is 1.85. The first-order valence-electron chi connectivity index (χ1n) is 4.85. The number of nitrogens with one attached hydrogen (secondary N) is 1. The summed E-state index contributed by atoms with van der Waals surface area (Å²) in [5, 5.41) is 7.15. The normalized spacial score (nSPS) is 11.4. The second-order valence-electron chi connectivity index (χ2n) is 3.17. The smallest absolute Gasteiger partial charge is 0.188 e.